The van der Waals surface area contributed by atoms with Crippen molar-refractivity contribution < 1.29 is 34.5 Å². The van der Waals surface area contributed by atoms with Gasteiger partial charge in [-0.25, -0.2) is 5.48 Å². The number of rotatable bonds is 17. The highest BCUT2D eigenvalue weighted by Gasteiger charge is 2.33. The van der Waals surface area contributed by atoms with E-state index in [1.54, 1.807) is 34.4 Å². The highest BCUT2D eigenvalue weighted by molar-refractivity contribution is 7.99. The fourth-order valence-electron chi connectivity index (χ4n) is 6.21. The summed E-state index contributed by atoms with van der Waals surface area (Å²) in [4.78, 5) is 23.6. The molecule has 2 heterocycles. The van der Waals surface area contributed by atoms with Crippen LogP contribution in [0.15, 0.2) is 102 Å². The summed E-state index contributed by atoms with van der Waals surface area (Å²) in [6.07, 6.45) is 3.21. The van der Waals surface area contributed by atoms with Crippen LogP contribution in [-0.4, -0.2) is 59.3 Å². The lowest BCUT2D eigenvalue weighted by molar-refractivity contribution is -0.245. The van der Waals surface area contributed by atoms with Gasteiger partial charge in [0.15, 0.2) is 6.29 Å². The Morgan fingerprint density at radius 2 is 1.54 bits per heavy atom. The smallest absolute Gasteiger partial charge is 0.243 e. The average molecular weight is 753 g/mol. The summed E-state index contributed by atoms with van der Waals surface area (Å²) < 4.78 is 14.8. The number of nitrogens with one attached hydrogen (secondary N) is 2. The van der Waals surface area contributed by atoms with E-state index in [4.69, 9.17) is 14.7 Å². The van der Waals surface area contributed by atoms with Gasteiger partial charge in [-0.2, -0.15) is 4.68 Å². The van der Waals surface area contributed by atoms with E-state index in [0.29, 0.717) is 36.7 Å². The maximum Gasteiger partial charge on any atom is 0.243 e. The van der Waals surface area contributed by atoms with Crippen molar-refractivity contribution in [1.29, 1.82) is 0 Å². The second-order valence-corrected chi connectivity index (χ2v) is 14.1. The van der Waals surface area contributed by atoms with Gasteiger partial charge in [0.2, 0.25) is 17.0 Å². The molecule has 1 aliphatic rings. The van der Waals surface area contributed by atoms with E-state index in [1.165, 1.54) is 11.8 Å². The lowest BCUT2D eigenvalue weighted by Crippen LogP contribution is -2.31. The molecule has 0 bridgehead atoms. The summed E-state index contributed by atoms with van der Waals surface area (Å²) in [5.74, 6) is 0.301. The van der Waals surface area contributed by atoms with Crippen LogP contribution in [0.1, 0.15) is 79.6 Å². The molecule has 3 unspecified atom stereocenters. The lowest BCUT2D eigenvalue weighted by atomic mass is 9.99. The van der Waals surface area contributed by atoms with Crippen LogP contribution in [-0.2, 0) is 32.2 Å². The van der Waals surface area contributed by atoms with Crippen molar-refractivity contribution in [2.75, 3.05) is 5.75 Å². The maximum atomic E-state index is 12.5. The second-order valence-electron chi connectivity index (χ2n) is 13.1. The van der Waals surface area contributed by atoms with Gasteiger partial charge < -0.3 is 25.0 Å². The Kier molecular flexibility index (Phi) is 13.8. The Morgan fingerprint density at radius 3 is 2.28 bits per heavy atom. The number of carbonyl (C=O) groups is 2. The number of aromatic hydroxyl groups is 1. The van der Waals surface area contributed by atoms with Gasteiger partial charge in [0.1, 0.15) is 5.75 Å². The number of phenolic OH excluding ortho intramolecular Hbond substituents is 1. The summed E-state index contributed by atoms with van der Waals surface area (Å²) in [7, 11) is 0. The van der Waals surface area contributed by atoms with Gasteiger partial charge in [0, 0.05) is 37.1 Å². The molecule has 13 nitrogen and oxygen atoms in total. The number of amides is 2. The fraction of sp³-hybridized carbons (Fsp3) is 0.325. The third-order valence-electron chi connectivity index (χ3n) is 9.14. The number of unbranched alkanes of at least 4 members (excludes halogenated alkanes) is 3. The van der Waals surface area contributed by atoms with Crippen LogP contribution >= 0.6 is 11.8 Å². The van der Waals surface area contributed by atoms with Gasteiger partial charge in [-0.3, -0.25) is 14.8 Å². The number of phenols is 1. The number of aliphatic hydroxyl groups is 1. The Hall–Kier alpha value is -5.12. The van der Waals surface area contributed by atoms with Gasteiger partial charge in [-0.1, -0.05) is 85.3 Å². The molecular weight excluding hydrogens is 709 g/mol. The number of thioether (sulfide) groups is 1. The summed E-state index contributed by atoms with van der Waals surface area (Å²) in [5, 5.41) is 43.8. The number of aromatic nitrogens is 4. The van der Waals surface area contributed by atoms with E-state index in [1.807, 2.05) is 60.7 Å². The van der Waals surface area contributed by atoms with Crippen molar-refractivity contribution >= 4 is 23.6 Å². The molecule has 0 saturated carbocycles. The van der Waals surface area contributed by atoms with Crippen LogP contribution in [0.2, 0.25) is 0 Å². The van der Waals surface area contributed by atoms with Gasteiger partial charge in [0.25, 0.3) is 0 Å². The number of ether oxygens (including phenoxy) is 2. The number of hydrogen-bond donors (Lipinski definition) is 5. The van der Waals surface area contributed by atoms with Gasteiger partial charge in [0.05, 0.1) is 24.5 Å². The summed E-state index contributed by atoms with van der Waals surface area (Å²) in [5.41, 5.74) is 7.99. The molecule has 0 aliphatic carbocycles. The van der Waals surface area contributed by atoms with E-state index in [9.17, 15) is 19.8 Å². The van der Waals surface area contributed by atoms with E-state index in [2.05, 4.69) is 33.0 Å². The molecule has 1 saturated heterocycles. The molecule has 4 aromatic carbocycles. The molecule has 54 heavy (non-hydrogen) atoms. The van der Waals surface area contributed by atoms with Crippen molar-refractivity contribution in [3.8, 4) is 22.6 Å². The number of hydroxylamine groups is 1. The molecule has 0 spiro atoms. The zero-order chi connectivity index (χ0) is 37.7. The minimum Gasteiger partial charge on any atom is -0.508 e. The Balaban J connectivity index is 1.11. The first-order chi connectivity index (χ1) is 26.4. The molecular formula is C40H44N6O7S. The quantitative estimate of drug-likeness (QED) is 0.0310. The third kappa shape index (κ3) is 10.7. The molecule has 3 atom stereocenters. The molecule has 6 rings (SSSR count). The molecule has 282 valence electrons. The van der Waals surface area contributed by atoms with Gasteiger partial charge >= 0.3 is 0 Å². The first-order valence-corrected chi connectivity index (χ1v) is 19.0. The Labute approximate surface area is 317 Å². The predicted molar refractivity (Wildman–Crippen MR) is 201 cm³/mol. The van der Waals surface area contributed by atoms with Crippen molar-refractivity contribution in [1.82, 2.24) is 31.0 Å². The molecule has 1 aliphatic heterocycles. The number of carbonyl (C=O) groups excluding carboxylic acids is 2. The number of hydrogen-bond acceptors (Lipinski definition) is 11. The van der Waals surface area contributed by atoms with E-state index in [0.717, 1.165) is 58.3 Å². The summed E-state index contributed by atoms with van der Waals surface area (Å²) in [6.45, 7) is 0.368. The number of tetrazole rings is 1. The lowest BCUT2D eigenvalue weighted by Gasteiger charge is -2.36. The van der Waals surface area contributed by atoms with Crippen LogP contribution in [0, 0.1) is 0 Å². The van der Waals surface area contributed by atoms with E-state index < -0.39 is 12.2 Å². The highest BCUT2D eigenvalue weighted by atomic mass is 32.2. The molecule has 5 N–H and O–H groups in total. The van der Waals surface area contributed by atoms with Gasteiger partial charge in [-0.05, 0) is 87.5 Å². The largest absolute Gasteiger partial charge is 0.508 e. The summed E-state index contributed by atoms with van der Waals surface area (Å²) >= 11 is 1.48. The van der Waals surface area contributed by atoms with Crippen LogP contribution in [0.25, 0.3) is 16.8 Å². The Bertz CT molecular complexity index is 1970. The molecule has 14 heteroatoms. The minimum atomic E-state index is -0.658. The first-order valence-electron chi connectivity index (χ1n) is 18.0. The number of benzene rings is 4. The molecule has 0 radical (unpaired) electrons. The van der Waals surface area contributed by atoms with Crippen LogP contribution < -0.4 is 10.8 Å². The minimum absolute atomic E-state index is 0.0211. The van der Waals surface area contributed by atoms with Crippen LogP contribution in [0.3, 0.4) is 0 Å². The van der Waals surface area contributed by atoms with E-state index >= 15 is 0 Å². The summed E-state index contributed by atoms with van der Waals surface area (Å²) in [6, 6.07) is 30.6. The molecule has 5 aromatic rings. The number of aliphatic hydroxyl groups excluding tert-OH is 1. The SMILES string of the molecule is O=C(CCCCCCC(=O)NCc1cccc(-c2cccc(C3OC(CSc4nnnn4-c4ccc(O)cc4)CC(c4ccc(CO)cc4)O3)c2)c1)NO. The zero-order valence-electron chi connectivity index (χ0n) is 29.7. The standard InChI is InChI=1S/C40H44N6O7S/c47-25-27-13-15-29(16-14-27)36-23-35(26-54-40-42-44-45-46(40)33-17-19-34(48)20-18-33)52-39(53-36)32-10-6-9-31(22-32)30-8-5-7-28(21-30)24-41-37(49)11-3-1-2-4-12-38(50)43-51/h5-10,13-22,35-36,39,47-48,51H,1-4,11-12,23-26H2,(H,41,49)(H,43,50). The fourth-order valence-corrected chi connectivity index (χ4v) is 7.12. The van der Waals surface area contributed by atoms with Crippen LogP contribution in [0.4, 0.5) is 0 Å². The molecule has 2 amide bonds. The highest BCUT2D eigenvalue weighted by Crippen LogP contribution is 2.40. The number of nitrogens with zero attached hydrogens (tertiary/aromatic N) is 4. The van der Waals surface area contributed by atoms with Gasteiger partial charge in [-0.15, -0.1) is 5.10 Å². The molecule has 1 fully saturated rings. The zero-order valence-corrected chi connectivity index (χ0v) is 30.5. The van der Waals surface area contributed by atoms with Crippen molar-refractivity contribution in [3.63, 3.8) is 0 Å². The molecule has 1 aromatic heterocycles. The topological polar surface area (TPSA) is 181 Å². The average Bonchev–Trinajstić information content (AvgIpc) is 3.69. The maximum absolute atomic E-state index is 12.5. The second kappa shape index (κ2) is 19.3. The van der Waals surface area contributed by atoms with Crippen molar-refractivity contribution in [2.24, 2.45) is 0 Å². The van der Waals surface area contributed by atoms with Crippen molar-refractivity contribution in [3.05, 3.63) is 119 Å². The Morgan fingerprint density at radius 1 is 0.815 bits per heavy atom. The first kappa shape index (κ1) is 38.6. The normalized spacial score (nSPS) is 16.9. The van der Waals surface area contributed by atoms with Crippen molar-refractivity contribution in [2.45, 2.75) is 81.8 Å². The third-order valence-corrected chi connectivity index (χ3v) is 10.2. The monoisotopic (exact) mass is 752 g/mol. The van der Waals surface area contributed by atoms with Crippen LogP contribution in [0.5, 0.6) is 5.75 Å². The predicted octanol–water partition coefficient (Wildman–Crippen LogP) is 6.33. The van der Waals surface area contributed by atoms with E-state index in [-0.39, 0.29) is 36.9 Å².